The summed E-state index contributed by atoms with van der Waals surface area (Å²) in [5.74, 6) is 1.48. The van der Waals surface area contributed by atoms with E-state index in [9.17, 15) is 5.11 Å². The van der Waals surface area contributed by atoms with Crippen LogP contribution in [0.15, 0.2) is 0 Å². The van der Waals surface area contributed by atoms with Crippen LogP contribution < -0.4 is 5.73 Å². The Hall–Kier alpha value is -0.0800. The molecule has 0 saturated heterocycles. The molecule has 0 rings (SSSR count). The Morgan fingerprint density at radius 1 is 1.07 bits per heavy atom. The largest absolute Gasteiger partial charge is 0.393 e. The molecule has 0 amide bonds. The zero-order chi connectivity index (χ0) is 11.1. The van der Waals surface area contributed by atoms with E-state index in [-0.39, 0.29) is 12.0 Å². The van der Waals surface area contributed by atoms with Crippen LogP contribution >= 0.6 is 0 Å². The first-order chi connectivity index (χ1) is 6.49. The minimum absolute atomic E-state index is 0.209. The molecule has 2 unspecified atom stereocenters. The average molecular weight is 201 g/mol. The van der Waals surface area contributed by atoms with Crippen LogP contribution in [0.4, 0.5) is 0 Å². The molecular weight excluding hydrogens is 174 g/mol. The molecule has 2 heteroatoms. The topological polar surface area (TPSA) is 46.2 Å². The molecular formula is C12H27NO. The summed E-state index contributed by atoms with van der Waals surface area (Å²) in [4.78, 5) is 0. The second kappa shape index (κ2) is 7.24. The fourth-order valence-corrected chi connectivity index (χ4v) is 1.82. The van der Waals surface area contributed by atoms with Gasteiger partial charge in [-0.3, -0.25) is 0 Å². The molecule has 0 aromatic carbocycles. The number of aliphatic hydroxyl groups excluding tert-OH is 1. The van der Waals surface area contributed by atoms with Crippen LogP contribution in [0.1, 0.15) is 47.0 Å². The van der Waals surface area contributed by atoms with E-state index in [4.69, 9.17) is 5.73 Å². The highest BCUT2D eigenvalue weighted by molar-refractivity contribution is 4.72. The Morgan fingerprint density at radius 2 is 1.64 bits per heavy atom. The van der Waals surface area contributed by atoms with Gasteiger partial charge < -0.3 is 10.8 Å². The average Bonchev–Trinajstić information content (AvgIpc) is 2.03. The Labute approximate surface area is 88.9 Å². The zero-order valence-corrected chi connectivity index (χ0v) is 10.2. The first kappa shape index (κ1) is 13.9. The summed E-state index contributed by atoms with van der Waals surface area (Å²) in [7, 11) is 0. The van der Waals surface area contributed by atoms with Crippen LogP contribution in [0.2, 0.25) is 0 Å². The molecule has 0 fully saturated rings. The normalized spacial score (nSPS) is 16.3. The summed E-state index contributed by atoms with van der Waals surface area (Å²) in [6.07, 6.45) is 3.01. The molecule has 2 atom stereocenters. The first-order valence-corrected chi connectivity index (χ1v) is 5.87. The number of hydrogen-bond acceptors (Lipinski definition) is 2. The summed E-state index contributed by atoms with van der Waals surface area (Å²) in [6, 6.07) is 0. The maximum absolute atomic E-state index is 9.91. The SMILES string of the molecule is CC(C)CCCC(O)C(CN)C(C)C. The van der Waals surface area contributed by atoms with Gasteiger partial charge in [0.1, 0.15) is 0 Å². The molecule has 3 N–H and O–H groups in total. The van der Waals surface area contributed by atoms with Crippen molar-refractivity contribution in [2.24, 2.45) is 23.5 Å². The molecule has 86 valence electrons. The van der Waals surface area contributed by atoms with Gasteiger partial charge in [-0.15, -0.1) is 0 Å². The highest BCUT2D eigenvalue weighted by Gasteiger charge is 2.20. The third-order valence-corrected chi connectivity index (χ3v) is 2.90. The lowest BCUT2D eigenvalue weighted by Crippen LogP contribution is -2.32. The van der Waals surface area contributed by atoms with Gasteiger partial charge in [0.05, 0.1) is 6.10 Å². The molecule has 2 nitrogen and oxygen atoms in total. The van der Waals surface area contributed by atoms with E-state index in [0.29, 0.717) is 12.5 Å². The van der Waals surface area contributed by atoms with E-state index >= 15 is 0 Å². The van der Waals surface area contributed by atoms with Gasteiger partial charge in [-0.25, -0.2) is 0 Å². The maximum atomic E-state index is 9.91. The molecule has 0 heterocycles. The lowest BCUT2D eigenvalue weighted by Gasteiger charge is -2.25. The zero-order valence-electron chi connectivity index (χ0n) is 10.2. The van der Waals surface area contributed by atoms with E-state index in [2.05, 4.69) is 27.7 Å². The van der Waals surface area contributed by atoms with Crippen molar-refractivity contribution in [2.45, 2.75) is 53.1 Å². The standard InChI is InChI=1S/C12H27NO/c1-9(2)6-5-7-12(14)11(8-13)10(3)4/h9-12,14H,5-8,13H2,1-4H3. The third-order valence-electron chi connectivity index (χ3n) is 2.90. The molecule has 0 aliphatic rings. The van der Waals surface area contributed by atoms with Crippen LogP contribution in [0.25, 0.3) is 0 Å². The highest BCUT2D eigenvalue weighted by Crippen LogP contribution is 2.19. The van der Waals surface area contributed by atoms with Crippen LogP contribution in [0, 0.1) is 17.8 Å². The molecule has 0 bridgehead atoms. The molecule has 14 heavy (non-hydrogen) atoms. The van der Waals surface area contributed by atoms with Gasteiger partial charge in [-0.2, -0.15) is 0 Å². The van der Waals surface area contributed by atoms with E-state index in [1.165, 1.54) is 6.42 Å². The third kappa shape index (κ3) is 5.61. The second-order valence-corrected chi connectivity index (χ2v) is 5.04. The van der Waals surface area contributed by atoms with Gasteiger partial charge in [0.25, 0.3) is 0 Å². The van der Waals surface area contributed by atoms with E-state index in [1.54, 1.807) is 0 Å². The Morgan fingerprint density at radius 3 is 2.00 bits per heavy atom. The number of hydrogen-bond donors (Lipinski definition) is 2. The van der Waals surface area contributed by atoms with Gasteiger partial charge >= 0.3 is 0 Å². The number of aliphatic hydroxyl groups is 1. The summed E-state index contributed by atoms with van der Waals surface area (Å²) in [6.45, 7) is 9.29. The van der Waals surface area contributed by atoms with Crippen LogP contribution in [0.3, 0.4) is 0 Å². The quantitative estimate of drug-likeness (QED) is 0.664. The lowest BCUT2D eigenvalue weighted by molar-refractivity contribution is 0.0751. The molecule has 0 aliphatic heterocycles. The van der Waals surface area contributed by atoms with Gasteiger partial charge in [0.15, 0.2) is 0 Å². The smallest absolute Gasteiger partial charge is 0.0582 e. The van der Waals surface area contributed by atoms with Crippen LogP contribution in [-0.2, 0) is 0 Å². The maximum Gasteiger partial charge on any atom is 0.0582 e. The minimum Gasteiger partial charge on any atom is -0.393 e. The molecule has 0 radical (unpaired) electrons. The van der Waals surface area contributed by atoms with Gasteiger partial charge in [0.2, 0.25) is 0 Å². The van der Waals surface area contributed by atoms with Crippen molar-refractivity contribution < 1.29 is 5.11 Å². The van der Waals surface area contributed by atoms with Gasteiger partial charge in [0, 0.05) is 0 Å². The molecule has 0 spiro atoms. The number of rotatable bonds is 7. The first-order valence-electron chi connectivity index (χ1n) is 5.87. The van der Waals surface area contributed by atoms with Crippen molar-refractivity contribution in [3.63, 3.8) is 0 Å². The predicted molar refractivity (Wildman–Crippen MR) is 62.1 cm³/mol. The second-order valence-electron chi connectivity index (χ2n) is 5.04. The van der Waals surface area contributed by atoms with Gasteiger partial charge in [-0.05, 0) is 30.7 Å². The van der Waals surface area contributed by atoms with Gasteiger partial charge in [-0.1, -0.05) is 40.5 Å². The minimum atomic E-state index is -0.209. The van der Waals surface area contributed by atoms with E-state index in [1.807, 2.05) is 0 Å². The Bertz CT molecular complexity index is 134. The van der Waals surface area contributed by atoms with Crippen LogP contribution in [0.5, 0.6) is 0 Å². The van der Waals surface area contributed by atoms with Crippen molar-refractivity contribution >= 4 is 0 Å². The van der Waals surface area contributed by atoms with Crippen molar-refractivity contribution in [3.05, 3.63) is 0 Å². The number of nitrogens with two attached hydrogens (primary N) is 1. The highest BCUT2D eigenvalue weighted by atomic mass is 16.3. The summed E-state index contributed by atoms with van der Waals surface area (Å²) in [5, 5.41) is 9.91. The van der Waals surface area contributed by atoms with Crippen LogP contribution in [-0.4, -0.2) is 17.8 Å². The molecule has 0 saturated carbocycles. The van der Waals surface area contributed by atoms with Crippen molar-refractivity contribution in [3.8, 4) is 0 Å². The summed E-state index contributed by atoms with van der Waals surface area (Å²) in [5.41, 5.74) is 5.65. The van der Waals surface area contributed by atoms with Crippen molar-refractivity contribution in [2.75, 3.05) is 6.54 Å². The predicted octanol–water partition coefficient (Wildman–Crippen LogP) is 2.40. The van der Waals surface area contributed by atoms with Crippen molar-refractivity contribution in [1.82, 2.24) is 0 Å². The lowest BCUT2D eigenvalue weighted by atomic mass is 9.87. The summed E-state index contributed by atoms with van der Waals surface area (Å²) < 4.78 is 0. The molecule has 0 aliphatic carbocycles. The van der Waals surface area contributed by atoms with E-state index < -0.39 is 0 Å². The van der Waals surface area contributed by atoms with E-state index in [0.717, 1.165) is 18.8 Å². The molecule has 0 aromatic rings. The monoisotopic (exact) mass is 201 g/mol. The molecule has 0 aromatic heterocycles. The fourth-order valence-electron chi connectivity index (χ4n) is 1.82. The Kier molecular flexibility index (Phi) is 7.20. The fraction of sp³-hybridized carbons (Fsp3) is 1.00. The Balaban J connectivity index is 3.75. The van der Waals surface area contributed by atoms with Crippen molar-refractivity contribution in [1.29, 1.82) is 0 Å². The summed E-state index contributed by atoms with van der Waals surface area (Å²) >= 11 is 0.